The molecule has 1 fully saturated rings. The predicted molar refractivity (Wildman–Crippen MR) is 105 cm³/mol. The van der Waals surface area contributed by atoms with Crippen LogP contribution in [0.3, 0.4) is 0 Å². The molecule has 0 bridgehead atoms. The summed E-state index contributed by atoms with van der Waals surface area (Å²) in [4.78, 5) is 33.1. The van der Waals surface area contributed by atoms with Crippen LogP contribution >= 0.6 is 15.9 Å². The fourth-order valence-corrected chi connectivity index (χ4v) is 3.76. The van der Waals surface area contributed by atoms with Crippen molar-refractivity contribution in [1.82, 2.24) is 14.9 Å². The SMILES string of the molecule is Cc1cc(Br)cc2c(=O)[nH]c(C3(F)CCN(C(=O)OC(C)(C)C)CC3)nc12. The fourth-order valence-electron chi connectivity index (χ4n) is 3.19. The van der Waals surface area contributed by atoms with E-state index < -0.39 is 17.4 Å². The smallest absolute Gasteiger partial charge is 0.410 e. The molecule has 1 amide bonds. The summed E-state index contributed by atoms with van der Waals surface area (Å²) in [5, 5.41) is 0.417. The molecule has 1 N–H and O–H groups in total. The number of aryl methyl sites for hydroxylation is 1. The molecule has 27 heavy (non-hydrogen) atoms. The van der Waals surface area contributed by atoms with Crippen LogP contribution in [0.1, 0.15) is 45.0 Å². The van der Waals surface area contributed by atoms with Gasteiger partial charge in [0.1, 0.15) is 11.4 Å². The third-order valence-electron chi connectivity index (χ3n) is 4.60. The highest BCUT2D eigenvalue weighted by atomic mass is 79.9. The summed E-state index contributed by atoms with van der Waals surface area (Å²) < 4.78 is 21.7. The number of rotatable bonds is 1. The number of H-pyrrole nitrogens is 1. The van der Waals surface area contributed by atoms with E-state index in [9.17, 15) is 9.59 Å². The van der Waals surface area contributed by atoms with Gasteiger partial charge in [-0.05, 0) is 45.4 Å². The van der Waals surface area contributed by atoms with Crippen molar-refractivity contribution in [3.05, 3.63) is 38.3 Å². The molecule has 1 saturated heterocycles. The van der Waals surface area contributed by atoms with Crippen LogP contribution in [0, 0.1) is 6.92 Å². The molecular formula is C19H23BrFN3O3. The van der Waals surface area contributed by atoms with E-state index in [1.54, 1.807) is 26.8 Å². The van der Waals surface area contributed by atoms with E-state index in [-0.39, 0.29) is 37.3 Å². The first kappa shape index (κ1) is 19.8. The van der Waals surface area contributed by atoms with E-state index >= 15 is 4.39 Å². The number of likely N-dealkylation sites (tertiary alicyclic amines) is 1. The maximum absolute atomic E-state index is 15.6. The topological polar surface area (TPSA) is 75.3 Å². The summed E-state index contributed by atoms with van der Waals surface area (Å²) >= 11 is 3.36. The number of hydrogen-bond donors (Lipinski definition) is 1. The van der Waals surface area contributed by atoms with Crippen molar-refractivity contribution < 1.29 is 13.9 Å². The summed E-state index contributed by atoms with van der Waals surface area (Å²) in [6.45, 7) is 7.61. The second kappa shape index (κ2) is 6.89. The number of ether oxygens (including phenoxy) is 1. The van der Waals surface area contributed by atoms with Gasteiger partial charge in [-0.2, -0.15) is 0 Å². The Hall–Kier alpha value is -1.96. The number of nitrogens with one attached hydrogen (secondary N) is 1. The van der Waals surface area contributed by atoms with Gasteiger partial charge in [0, 0.05) is 30.4 Å². The molecule has 2 aromatic rings. The van der Waals surface area contributed by atoms with E-state index in [1.807, 2.05) is 13.0 Å². The first-order chi connectivity index (χ1) is 12.5. The van der Waals surface area contributed by atoms with E-state index in [1.165, 1.54) is 4.90 Å². The van der Waals surface area contributed by atoms with Gasteiger partial charge in [-0.25, -0.2) is 14.2 Å². The molecule has 0 saturated carbocycles. The Labute approximate surface area is 165 Å². The average Bonchev–Trinajstić information content (AvgIpc) is 2.54. The molecule has 0 aliphatic carbocycles. The number of aromatic amines is 1. The maximum Gasteiger partial charge on any atom is 0.410 e. The first-order valence-corrected chi connectivity index (χ1v) is 9.65. The minimum Gasteiger partial charge on any atom is -0.444 e. The molecular weight excluding hydrogens is 417 g/mol. The molecule has 1 aliphatic heterocycles. The van der Waals surface area contributed by atoms with Crippen LogP contribution in [0.4, 0.5) is 9.18 Å². The van der Waals surface area contributed by atoms with Gasteiger partial charge in [0.25, 0.3) is 5.56 Å². The highest BCUT2D eigenvalue weighted by molar-refractivity contribution is 9.10. The minimum atomic E-state index is -1.79. The summed E-state index contributed by atoms with van der Waals surface area (Å²) in [6.07, 6.45) is -0.350. The van der Waals surface area contributed by atoms with Gasteiger partial charge in [-0.1, -0.05) is 15.9 Å². The van der Waals surface area contributed by atoms with Gasteiger partial charge in [0.05, 0.1) is 10.9 Å². The maximum atomic E-state index is 15.6. The van der Waals surface area contributed by atoms with Crippen LogP contribution in [0.2, 0.25) is 0 Å². The predicted octanol–water partition coefficient (Wildman–Crippen LogP) is 4.19. The van der Waals surface area contributed by atoms with Gasteiger partial charge in [0.15, 0.2) is 5.67 Å². The highest BCUT2D eigenvalue weighted by Gasteiger charge is 2.41. The van der Waals surface area contributed by atoms with E-state index in [0.717, 1.165) is 10.0 Å². The molecule has 0 atom stereocenters. The zero-order valence-electron chi connectivity index (χ0n) is 15.9. The highest BCUT2D eigenvalue weighted by Crippen LogP contribution is 2.35. The summed E-state index contributed by atoms with van der Waals surface area (Å²) in [5.41, 5.74) is -1.47. The Morgan fingerprint density at radius 2 is 1.96 bits per heavy atom. The molecule has 0 spiro atoms. The standard InChI is InChI=1S/C19H23BrFN3O3/c1-11-9-12(20)10-13-14(11)22-16(23-15(13)25)19(21)5-7-24(8-6-19)17(26)27-18(2,3)4/h9-10H,5-8H2,1-4H3,(H,22,23,25). The van der Waals surface area contributed by atoms with Gasteiger partial charge >= 0.3 is 6.09 Å². The van der Waals surface area contributed by atoms with Crippen LogP contribution in [-0.4, -0.2) is 39.7 Å². The van der Waals surface area contributed by atoms with Crippen LogP contribution < -0.4 is 5.56 Å². The van der Waals surface area contributed by atoms with Crippen molar-refractivity contribution in [2.45, 2.75) is 51.8 Å². The lowest BCUT2D eigenvalue weighted by atomic mass is 9.92. The minimum absolute atomic E-state index is 0.0225. The second-order valence-corrected chi connectivity index (χ2v) is 8.88. The van der Waals surface area contributed by atoms with Crippen molar-refractivity contribution in [2.75, 3.05) is 13.1 Å². The van der Waals surface area contributed by atoms with Crippen LogP contribution in [0.15, 0.2) is 21.4 Å². The number of benzene rings is 1. The molecule has 146 valence electrons. The average molecular weight is 440 g/mol. The van der Waals surface area contributed by atoms with Crippen LogP contribution in [-0.2, 0) is 10.4 Å². The quantitative estimate of drug-likeness (QED) is 0.722. The number of amides is 1. The zero-order valence-corrected chi connectivity index (χ0v) is 17.4. The second-order valence-electron chi connectivity index (χ2n) is 7.97. The summed E-state index contributed by atoms with van der Waals surface area (Å²) in [5.74, 6) is 0.0225. The van der Waals surface area contributed by atoms with Gasteiger partial charge in [-0.3, -0.25) is 4.79 Å². The lowest BCUT2D eigenvalue weighted by molar-refractivity contribution is 0.000202. The molecule has 6 nitrogen and oxygen atoms in total. The number of carbonyl (C=O) groups excluding carboxylic acids is 1. The molecule has 1 aromatic carbocycles. The van der Waals surface area contributed by atoms with Crippen LogP contribution in [0.25, 0.3) is 10.9 Å². The molecule has 2 heterocycles. The van der Waals surface area contributed by atoms with Gasteiger partial charge in [0.2, 0.25) is 0 Å². The molecule has 0 unspecified atom stereocenters. The van der Waals surface area contributed by atoms with Crippen molar-refractivity contribution in [3.8, 4) is 0 Å². The molecule has 3 rings (SSSR count). The number of halogens is 2. The van der Waals surface area contributed by atoms with Crippen molar-refractivity contribution in [2.24, 2.45) is 0 Å². The fraction of sp³-hybridized carbons (Fsp3) is 0.526. The molecule has 1 aromatic heterocycles. The Kier molecular flexibility index (Phi) is 5.05. The number of hydrogen-bond acceptors (Lipinski definition) is 4. The Bertz CT molecular complexity index is 944. The van der Waals surface area contributed by atoms with E-state index in [4.69, 9.17) is 4.74 Å². The third-order valence-corrected chi connectivity index (χ3v) is 5.06. The lowest BCUT2D eigenvalue weighted by Crippen LogP contribution is -2.46. The largest absolute Gasteiger partial charge is 0.444 e. The molecule has 0 radical (unpaired) electrons. The lowest BCUT2D eigenvalue weighted by Gasteiger charge is -2.36. The van der Waals surface area contributed by atoms with Crippen LogP contribution in [0.5, 0.6) is 0 Å². The molecule has 8 heteroatoms. The number of alkyl halides is 1. The van der Waals surface area contributed by atoms with Crippen molar-refractivity contribution >= 4 is 32.9 Å². The Morgan fingerprint density at radius 3 is 2.56 bits per heavy atom. The summed E-state index contributed by atoms with van der Waals surface area (Å²) in [6, 6.07) is 3.52. The van der Waals surface area contributed by atoms with Gasteiger partial charge in [-0.15, -0.1) is 0 Å². The number of piperidine rings is 1. The Balaban J connectivity index is 1.85. The van der Waals surface area contributed by atoms with E-state index in [2.05, 4.69) is 25.9 Å². The Morgan fingerprint density at radius 1 is 1.33 bits per heavy atom. The number of carbonyl (C=O) groups is 1. The monoisotopic (exact) mass is 439 g/mol. The number of fused-ring (bicyclic) bond motifs is 1. The zero-order chi connectivity index (χ0) is 20.0. The normalized spacial score (nSPS) is 17.2. The van der Waals surface area contributed by atoms with Crippen molar-refractivity contribution in [3.63, 3.8) is 0 Å². The molecule has 1 aliphatic rings. The first-order valence-electron chi connectivity index (χ1n) is 8.86. The van der Waals surface area contributed by atoms with Gasteiger partial charge < -0.3 is 14.6 Å². The third kappa shape index (κ3) is 4.15. The van der Waals surface area contributed by atoms with Crippen molar-refractivity contribution in [1.29, 1.82) is 0 Å². The number of aromatic nitrogens is 2. The summed E-state index contributed by atoms with van der Waals surface area (Å²) in [7, 11) is 0. The number of nitrogens with zero attached hydrogens (tertiary/aromatic N) is 2. The van der Waals surface area contributed by atoms with E-state index in [0.29, 0.717) is 10.9 Å².